The first kappa shape index (κ1) is 23.1. The van der Waals surface area contributed by atoms with Gasteiger partial charge < -0.3 is 18.6 Å². The van der Waals surface area contributed by atoms with E-state index in [1.807, 2.05) is 19.1 Å². The number of rotatable bonds is 9. The van der Waals surface area contributed by atoms with Gasteiger partial charge in [0.15, 0.2) is 0 Å². The van der Waals surface area contributed by atoms with Gasteiger partial charge in [0.1, 0.15) is 29.6 Å². The molecule has 168 valence electrons. The maximum absolute atomic E-state index is 14.0. The van der Waals surface area contributed by atoms with Crippen molar-refractivity contribution in [1.29, 1.82) is 0 Å². The third-order valence-electron chi connectivity index (χ3n) is 4.68. The van der Waals surface area contributed by atoms with Gasteiger partial charge in [0.2, 0.25) is 11.6 Å². The Morgan fingerprint density at radius 2 is 1.84 bits per heavy atom. The molecule has 0 atom stereocenters. The summed E-state index contributed by atoms with van der Waals surface area (Å²) in [5.74, 6) is 0.679. The molecule has 0 N–H and O–H groups in total. The Hall–Kier alpha value is -3.61. The molecule has 0 unspecified atom stereocenters. The first-order valence-electron chi connectivity index (χ1n) is 10.4. The van der Waals surface area contributed by atoms with Crippen LogP contribution in [0.2, 0.25) is 0 Å². The molecule has 0 fully saturated rings. The smallest absolute Gasteiger partial charge is 0.373 e. The summed E-state index contributed by atoms with van der Waals surface area (Å²) in [7, 11) is 0. The molecule has 0 amide bonds. The Labute approximate surface area is 186 Å². The molecule has 0 bridgehead atoms. The molecule has 1 heterocycles. The number of nitrogens with zero attached hydrogens (tertiary/aromatic N) is 1. The minimum atomic E-state index is -0.499. The van der Waals surface area contributed by atoms with Crippen LogP contribution in [0.5, 0.6) is 5.75 Å². The summed E-state index contributed by atoms with van der Waals surface area (Å²) >= 11 is 0. The standard InChI is InChI=1S/C25H26FNO5/c1-5-29-23(25(28)30-6-2)14-18-11-12-19(13-16(18)3)31-15-22-17(4)32-24(27-22)20-9-7-8-10-21(20)26/h7-14H,5-6,15H2,1-4H3/b23-14+. The van der Waals surface area contributed by atoms with Crippen LogP contribution in [0.15, 0.2) is 52.6 Å². The van der Waals surface area contributed by atoms with Crippen molar-refractivity contribution in [2.24, 2.45) is 0 Å². The Morgan fingerprint density at radius 3 is 2.53 bits per heavy atom. The van der Waals surface area contributed by atoms with Crippen molar-refractivity contribution in [3.63, 3.8) is 0 Å². The Bertz CT molecular complexity index is 1120. The van der Waals surface area contributed by atoms with Crippen LogP contribution < -0.4 is 4.74 Å². The molecular formula is C25H26FNO5. The monoisotopic (exact) mass is 439 g/mol. The molecule has 0 spiro atoms. The molecule has 2 aromatic carbocycles. The molecule has 0 radical (unpaired) electrons. The average molecular weight is 439 g/mol. The topological polar surface area (TPSA) is 70.8 Å². The zero-order chi connectivity index (χ0) is 23.1. The Kier molecular flexibility index (Phi) is 7.65. The summed E-state index contributed by atoms with van der Waals surface area (Å²) in [6.45, 7) is 8.03. The zero-order valence-corrected chi connectivity index (χ0v) is 18.6. The van der Waals surface area contributed by atoms with Gasteiger partial charge in [-0.15, -0.1) is 0 Å². The third kappa shape index (κ3) is 5.55. The van der Waals surface area contributed by atoms with Gasteiger partial charge in [0.25, 0.3) is 0 Å². The SMILES string of the molecule is CCOC(=O)/C(=C\c1ccc(OCc2nc(-c3ccccc3F)oc2C)cc1C)OCC. The fourth-order valence-corrected chi connectivity index (χ4v) is 3.02. The molecule has 3 rings (SSSR count). The first-order chi connectivity index (χ1) is 15.4. The van der Waals surface area contributed by atoms with Crippen LogP contribution in [-0.2, 0) is 20.9 Å². The van der Waals surface area contributed by atoms with Crippen molar-refractivity contribution in [3.8, 4) is 17.2 Å². The molecule has 32 heavy (non-hydrogen) atoms. The number of carbonyl (C=O) groups excluding carboxylic acids is 1. The van der Waals surface area contributed by atoms with Gasteiger partial charge in [-0.3, -0.25) is 0 Å². The highest BCUT2D eigenvalue weighted by molar-refractivity contribution is 5.91. The molecule has 0 saturated carbocycles. The van der Waals surface area contributed by atoms with Crippen molar-refractivity contribution >= 4 is 12.0 Å². The van der Waals surface area contributed by atoms with Crippen LogP contribution in [0.3, 0.4) is 0 Å². The van der Waals surface area contributed by atoms with Gasteiger partial charge in [-0.25, -0.2) is 14.2 Å². The van der Waals surface area contributed by atoms with Crippen LogP contribution >= 0.6 is 0 Å². The van der Waals surface area contributed by atoms with Gasteiger partial charge >= 0.3 is 5.97 Å². The third-order valence-corrected chi connectivity index (χ3v) is 4.68. The molecular weight excluding hydrogens is 413 g/mol. The molecule has 0 aliphatic rings. The minimum Gasteiger partial charge on any atom is -0.487 e. The van der Waals surface area contributed by atoms with Crippen molar-refractivity contribution in [3.05, 3.63) is 76.6 Å². The summed E-state index contributed by atoms with van der Waals surface area (Å²) in [5.41, 5.74) is 2.60. The second kappa shape index (κ2) is 10.6. The van der Waals surface area contributed by atoms with E-state index in [1.54, 1.807) is 51.1 Å². The number of hydrogen-bond acceptors (Lipinski definition) is 6. The molecule has 1 aromatic heterocycles. The van der Waals surface area contributed by atoms with Gasteiger partial charge in [-0.2, -0.15) is 0 Å². The fourth-order valence-electron chi connectivity index (χ4n) is 3.02. The second-order valence-electron chi connectivity index (χ2n) is 6.97. The minimum absolute atomic E-state index is 0.157. The molecule has 0 aliphatic carbocycles. The number of carbonyl (C=O) groups is 1. The number of oxazole rings is 1. The lowest BCUT2D eigenvalue weighted by molar-refractivity contribution is -0.142. The van der Waals surface area contributed by atoms with Crippen LogP contribution in [0.25, 0.3) is 17.5 Å². The maximum Gasteiger partial charge on any atom is 0.373 e. The summed E-state index contributed by atoms with van der Waals surface area (Å²) in [6.07, 6.45) is 1.66. The Morgan fingerprint density at radius 1 is 1.09 bits per heavy atom. The van der Waals surface area contributed by atoms with Crippen LogP contribution in [0.4, 0.5) is 4.39 Å². The predicted octanol–water partition coefficient (Wildman–Crippen LogP) is 5.62. The lowest BCUT2D eigenvalue weighted by Gasteiger charge is -2.10. The molecule has 0 saturated heterocycles. The molecule has 0 aliphatic heterocycles. The van der Waals surface area contributed by atoms with Gasteiger partial charge in [0.05, 0.1) is 18.8 Å². The number of ether oxygens (including phenoxy) is 3. The second-order valence-corrected chi connectivity index (χ2v) is 6.97. The Balaban J connectivity index is 1.73. The van der Waals surface area contributed by atoms with Gasteiger partial charge in [-0.1, -0.05) is 18.2 Å². The van der Waals surface area contributed by atoms with Crippen LogP contribution in [-0.4, -0.2) is 24.2 Å². The summed E-state index contributed by atoms with van der Waals surface area (Å²) < 4.78 is 36.0. The highest BCUT2D eigenvalue weighted by Crippen LogP contribution is 2.26. The highest BCUT2D eigenvalue weighted by Gasteiger charge is 2.16. The molecule has 7 heteroatoms. The largest absolute Gasteiger partial charge is 0.487 e. The molecule has 6 nitrogen and oxygen atoms in total. The number of aryl methyl sites for hydroxylation is 2. The van der Waals surface area contributed by atoms with E-state index in [2.05, 4.69) is 4.98 Å². The van der Waals surface area contributed by atoms with Crippen molar-refractivity contribution in [2.45, 2.75) is 34.3 Å². The van der Waals surface area contributed by atoms with E-state index in [0.717, 1.165) is 11.1 Å². The number of esters is 1. The van der Waals surface area contributed by atoms with Crippen molar-refractivity contribution in [1.82, 2.24) is 4.98 Å². The van der Waals surface area contributed by atoms with Crippen molar-refractivity contribution < 1.29 is 27.8 Å². The van der Waals surface area contributed by atoms with Crippen LogP contribution in [0.1, 0.15) is 36.4 Å². The number of halogens is 1. The molecule has 3 aromatic rings. The van der Waals surface area contributed by atoms with E-state index in [4.69, 9.17) is 18.6 Å². The number of benzene rings is 2. The maximum atomic E-state index is 14.0. The normalized spacial score (nSPS) is 11.3. The zero-order valence-electron chi connectivity index (χ0n) is 18.6. The summed E-state index contributed by atoms with van der Waals surface area (Å²) in [4.78, 5) is 16.4. The van der Waals surface area contributed by atoms with E-state index in [-0.39, 0.29) is 24.9 Å². The van der Waals surface area contributed by atoms with E-state index in [0.29, 0.717) is 29.4 Å². The fraction of sp³-hybridized carbons (Fsp3) is 0.280. The van der Waals surface area contributed by atoms with E-state index < -0.39 is 11.8 Å². The van der Waals surface area contributed by atoms with Gasteiger partial charge in [-0.05, 0) is 69.2 Å². The average Bonchev–Trinajstić information content (AvgIpc) is 3.14. The lowest BCUT2D eigenvalue weighted by atomic mass is 10.1. The summed E-state index contributed by atoms with van der Waals surface area (Å²) in [6, 6.07) is 11.8. The summed E-state index contributed by atoms with van der Waals surface area (Å²) in [5, 5.41) is 0. The highest BCUT2D eigenvalue weighted by atomic mass is 19.1. The lowest BCUT2D eigenvalue weighted by Crippen LogP contribution is -2.10. The first-order valence-corrected chi connectivity index (χ1v) is 10.4. The predicted molar refractivity (Wildman–Crippen MR) is 118 cm³/mol. The van der Waals surface area contributed by atoms with E-state index in [1.165, 1.54) is 6.07 Å². The van der Waals surface area contributed by atoms with Crippen molar-refractivity contribution in [2.75, 3.05) is 13.2 Å². The van der Waals surface area contributed by atoms with Gasteiger partial charge in [0, 0.05) is 0 Å². The quantitative estimate of drug-likeness (QED) is 0.245. The number of aromatic nitrogens is 1. The van der Waals surface area contributed by atoms with E-state index >= 15 is 0 Å². The van der Waals surface area contributed by atoms with E-state index in [9.17, 15) is 9.18 Å². The number of hydrogen-bond donors (Lipinski definition) is 0. The van der Waals surface area contributed by atoms with Crippen LogP contribution in [0, 0.1) is 19.7 Å².